The molecule has 3 heteroatoms. The van der Waals surface area contributed by atoms with Crippen LogP contribution in [0.5, 0.6) is 0 Å². The SMILES string of the molecule is CCCCC/C=C\C/C=C\CCCCCCCC1=C(CCCCCCC/C=C\C/C=C\CCCCC)OC(C)(CCN(C)C)O1. The van der Waals surface area contributed by atoms with Crippen LogP contribution in [0.1, 0.15) is 181 Å². The van der Waals surface area contributed by atoms with E-state index in [-0.39, 0.29) is 0 Å². The van der Waals surface area contributed by atoms with E-state index in [0.717, 1.165) is 50.2 Å². The second-order valence-electron chi connectivity index (χ2n) is 13.7. The van der Waals surface area contributed by atoms with E-state index in [0.29, 0.717) is 0 Å². The number of hydrogen-bond donors (Lipinski definition) is 0. The van der Waals surface area contributed by atoms with Crippen molar-refractivity contribution in [1.29, 1.82) is 0 Å². The van der Waals surface area contributed by atoms with Crippen LogP contribution in [-0.4, -0.2) is 31.3 Å². The standard InChI is InChI=1S/C42H75NO2/c1-6-8-10-12-14-16-18-20-22-24-26-28-30-32-34-36-40-41(45-42(3,44-40)38-39-43(4)5)37-35-33-31-29-27-25-23-21-19-17-15-13-11-9-7-2/h14-17,20-23H,6-13,18-19,24-39H2,1-5H3/b16-14-,17-15-,22-20-,23-21-. The van der Waals surface area contributed by atoms with Gasteiger partial charge in [0.15, 0.2) is 0 Å². The van der Waals surface area contributed by atoms with Crippen molar-refractivity contribution in [3.63, 3.8) is 0 Å². The van der Waals surface area contributed by atoms with Crippen molar-refractivity contribution in [2.75, 3.05) is 20.6 Å². The molecule has 1 rings (SSSR count). The summed E-state index contributed by atoms with van der Waals surface area (Å²) in [7, 11) is 4.25. The van der Waals surface area contributed by atoms with Crippen LogP contribution < -0.4 is 0 Å². The Labute approximate surface area is 281 Å². The van der Waals surface area contributed by atoms with Crippen molar-refractivity contribution in [3.8, 4) is 0 Å². The molecule has 0 atom stereocenters. The molecule has 0 aliphatic carbocycles. The van der Waals surface area contributed by atoms with E-state index in [1.807, 2.05) is 0 Å². The van der Waals surface area contributed by atoms with Crippen LogP contribution >= 0.6 is 0 Å². The molecule has 1 aliphatic rings. The Hall–Kier alpha value is -1.74. The molecule has 0 N–H and O–H groups in total. The third-order valence-corrected chi connectivity index (χ3v) is 8.71. The van der Waals surface area contributed by atoms with Gasteiger partial charge in [-0.25, -0.2) is 0 Å². The first-order valence-electron chi connectivity index (χ1n) is 19.4. The van der Waals surface area contributed by atoms with Gasteiger partial charge in [0, 0.05) is 32.7 Å². The van der Waals surface area contributed by atoms with E-state index < -0.39 is 5.79 Å². The molecule has 3 nitrogen and oxygen atoms in total. The molecule has 0 bridgehead atoms. The maximum Gasteiger partial charge on any atom is 0.249 e. The molecule has 0 radical (unpaired) electrons. The molecule has 45 heavy (non-hydrogen) atoms. The van der Waals surface area contributed by atoms with Crippen LogP contribution in [-0.2, 0) is 9.47 Å². The van der Waals surface area contributed by atoms with E-state index >= 15 is 0 Å². The second kappa shape index (κ2) is 29.6. The van der Waals surface area contributed by atoms with Crippen LogP contribution in [0.15, 0.2) is 60.1 Å². The summed E-state index contributed by atoms with van der Waals surface area (Å²) >= 11 is 0. The van der Waals surface area contributed by atoms with E-state index in [2.05, 4.69) is 88.4 Å². The van der Waals surface area contributed by atoms with Crippen LogP contribution in [0.4, 0.5) is 0 Å². The largest absolute Gasteiger partial charge is 0.453 e. The predicted octanol–water partition coefficient (Wildman–Crippen LogP) is 13.5. The normalized spacial score (nSPS) is 15.2. The highest BCUT2D eigenvalue weighted by Crippen LogP contribution is 2.38. The molecule has 0 saturated heterocycles. The quantitative estimate of drug-likeness (QED) is 0.0565. The topological polar surface area (TPSA) is 21.7 Å². The van der Waals surface area contributed by atoms with Gasteiger partial charge >= 0.3 is 0 Å². The minimum atomic E-state index is -0.497. The molecule has 0 amide bonds. The van der Waals surface area contributed by atoms with E-state index in [1.54, 1.807) is 0 Å². The van der Waals surface area contributed by atoms with Gasteiger partial charge in [-0.05, 0) is 91.1 Å². The van der Waals surface area contributed by atoms with Gasteiger partial charge in [-0.3, -0.25) is 0 Å². The Morgan fingerprint density at radius 2 is 0.844 bits per heavy atom. The van der Waals surface area contributed by atoms with Gasteiger partial charge in [-0.1, -0.05) is 127 Å². The Morgan fingerprint density at radius 3 is 1.22 bits per heavy atom. The number of nitrogens with zero attached hydrogens (tertiary/aromatic N) is 1. The summed E-state index contributed by atoms with van der Waals surface area (Å²) in [6, 6.07) is 0. The zero-order chi connectivity index (χ0) is 32.7. The third kappa shape index (κ3) is 25.1. The number of hydrogen-bond acceptors (Lipinski definition) is 3. The van der Waals surface area contributed by atoms with Gasteiger partial charge in [-0.2, -0.15) is 0 Å². The molecule has 260 valence electrons. The molecule has 0 saturated carbocycles. The Balaban J connectivity index is 2.24. The third-order valence-electron chi connectivity index (χ3n) is 8.71. The summed E-state index contributed by atoms with van der Waals surface area (Å²) < 4.78 is 13.0. The summed E-state index contributed by atoms with van der Waals surface area (Å²) in [5.74, 6) is 1.79. The summed E-state index contributed by atoms with van der Waals surface area (Å²) in [6.07, 6.45) is 49.7. The molecule has 0 aromatic carbocycles. The number of allylic oxidation sites excluding steroid dienone is 10. The highest BCUT2D eigenvalue weighted by Gasteiger charge is 2.37. The monoisotopic (exact) mass is 626 g/mol. The van der Waals surface area contributed by atoms with Crippen molar-refractivity contribution >= 4 is 0 Å². The first-order valence-corrected chi connectivity index (χ1v) is 19.4. The fourth-order valence-electron chi connectivity index (χ4n) is 5.76. The van der Waals surface area contributed by atoms with Gasteiger partial charge in [0.05, 0.1) is 0 Å². The molecule has 0 fully saturated rings. The minimum absolute atomic E-state index is 0.497. The molecular weight excluding hydrogens is 550 g/mol. The van der Waals surface area contributed by atoms with Gasteiger partial charge in [-0.15, -0.1) is 0 Å². The predicted molar refractivity (Wildman–Crippen MR) is 199 cm³/mol. The zero-order valence-corrected chi connectivity index (χ0v) is 30.8. The fourth-order valence-corrected chi connectivity index (χ4v) is 5.76. The van der Waals surface area contributed by atoms with Gasteiger partial charge in [0.25, 0.3) is 0 Å². The molecule has 1 aliphatic heterocycles. The van der Waals surface area contributed by atoms with E-state index in [9.17, 15) is 0 Å². The van der Waals surface area contributed by atoms with Crippen LogP contribution in [0, 0.1) is 0 Å². The van der Waals surface area contributed by atoms with Crippen molar-refractivity contribution in [1.82, 2.24) is 4.90 Å². The van der Waals surface area contributed by atoms with Crippen molar-refractivity contribution < 1.29 is 9.47 Å². The maximum atomic E-state index is 6.51. The lowest BCUT2D eigenvalue weighted by Gasteiger charge is -2.26. The van der Waals surface area contributed by atoms with E-state index in [4.69, 9.17) is 9.47 Å². The van der Waals surface area contributed by atoms with Gasteiger partial charge < -0.3 is 14.4 Å². The van der Waals surface area contributed by atoms with Crippen molar-refractivity contribution in [3.05, 3.63) is 60.1 Å². The lowest BCUT2D eigenvalue weighted by molar-refractivity contribution is -0.147. The highest BCUT2D eigenvalue weighted by atomic mass is 16.7. The number of ether oxygens (including phenoxy) is 2. The average Bonchev–Trinajstić information content (AvgIpc) is 3.35. The first kappa shape index (κ1) is 41.3. The van der Waals surface area contributed by atoms with Crippen LogP contribution in [0.3, 0.4) is 0 Å². The smallest absolute Gasteiger partial charge is 0.249 e. The molecular formula is C42H75NO2. The molecule has 0 aromatic heterocycles. The Bertz CT molecular complexity index is 761. The summed E-state index contributed by atoms with van der Waals surface area (Å²) in [5.41, 5.74) is 0. The molecule has 1 heterocycles. The molecule has 0 spiro atoms. The second-order valence-corrected chi connectivity index (χ2v) is 13.7. The highest BCUT2D eigenvalue weighted by molar-refractivity contribution is 5.09. The lowest BCUT2D eigenvalue weighted by Crippen LogP contribution is -2.31. The number of rotatable bonds is 31. The fraction of sp³-hybridized carbons (Fsp3) is 0.762. The molecule has 0 unspecified atom stereocenters. The summed E-state index contributed by atoms with van der Waals surface area (Å²) in [4.78, 5) is 2.22. The summed E-state index contributed by atoms with van der Waals surface area (Å²) in [6.45, 7) is 7.64. The van der Waals surface area contributed by atoms with Crippen LogP contribution in [0.25, 0.3) is 0 Å². The zero-order valence-electron chi connectivity index (χ0n) is 30.8. The average molecular weight is 626 g/mol. The van der Waals surface area contributed by atoms with Gasteiger partial charge in [0.2, 0.25) is 5.79 Å². The van der Waals surface area contributed by atoms with E-state index in [1.165, 1.54) is 128 Å². The van der Waals surface area contributed by atoms with Crippen LogP contribution in [0.2, 0.25) is 0 Å². The van der Waals surface area contributed by atoms with Crippen molar-refractivity contribution in [2.45, 2.75) is 187 Å². The van der Waals surface area contributed by atoms with Crippen molar-refractivity contribution in [2.24, 2.45) is 0 Å². The Morgan fingerprint density at radius 1 is 0.489 bits per heavy atom. The maximum absolute atomic E-state index is 6.51. The Kier molecular flexibility index (Phi) is 27.2. The number of unbranched alkanes of at least 4 members (excludes halogenated alkanes) is 16. The van der Waals surface area contributed by atoms with Gasteiger partial charge in [0.1, 0.15) is 11.5 Å². The summed E-state index contributed by atoms with van der Waals surface area (Å²) in [5, 5.41) is 0. The first-order chi connectivity index (χ1) is 22.0. The minimum Gasteiger partial charge on any atom is -0.453 e. The molecule has 0 aromatic rings. The lowest BCUT2D eigenvalue weighted by atomic mass is 10.1.